The van der Waals surface area contributed by atoms with Crippen molar-refractivity contribution in [1.82, 2.24) is 4.98 Å². The van der Waals surface area contributed by atoms with Gasteiger partial charge in [0.15, 0.2) is 0 Å². The number of hydrogen-bond donors (Lipinski definition) is 2. The molecule has 3 N–H and O–H groups in total. The van der Waals surface area contributed by atoms with Gasteiger partial charge in [-0.25, -0.2) is 4.98 Å². The van der Waals surface area contributed by atoms with Crippen LogP contribution in [0.1, 0.15) is 0 Å². The summed E-state index contributed by atoms with van der Waals surface area (Å²) in [4.78, 5) is 4.49. The Morgan fingerprint density at radius 1 is 1.06 bits per heavy atom. The van der Waals surface area contributed by atoms with Gasteiger partial charge < -0.3 is 10.8 Å². The van der Waals surface area contributed by atoms with Crippen LogP contribution < -0.4 is 5.73 Å². The summed E-state index contributed by atoms with van der Waals surface area (Å²) in [5.41, 5.74) is 8.26. The summed E-state index contributed by atoms with van der Waals surface area (Å²) in [5.74, 6) is 0.242. The fourth-order valence-corrected chi connectivity index (χ4v) is 2.62. The molecule has 1 aromatic heterocycles. The fourth-order valence-electron chi connectivity index (χ4n) is 1.66. The zero-order chi connectivity index (χ0) is 11.8. The molecule has 3 nitrogen and oxygen atoms in total. The molecule has 0 atom stereocenters. The second kappa shape index (κ2) is 3.75. The molecule has 84 valence electrons. The van der Waals surface area contributed by atoms with Crippen LogP contribution in [0.25, 0.3) is 20.8 Å². The maximum absolute atomic E-state index is 9.39. The first-order chi connectivity index (χ1) is 8.22. The van der Waals surface area contributed by atoms with Crippen LogP contribution >= 0.6 is 11.3 Å². The van der Waals surface area contributed by atoms with Crippen LogP contribution in [0.15, 0.2) is 42.5 Å². The molecule has 0 unspecified atom stereocenters. The number of nitrogens with two attached hydrogens (primary N) is 1. The van der Waals surface area contributed by atoms with E-state index in [2.05, 4.69) is 4.98 Å². The van der Waals surface area contributed by atoms with E-state index in [4.69, 9.17) is 5.73 Å². The first-order valence-corrected chi connectivity index (χ1v) is 5.99. The molecule has 0 saturated carbocycles. The third-order valence-corrected chi connectivity index (χ3v) is 3.61. The number of hydrogen-bond acceptors (Lipinski definition) is 4. The van der Waals surface area contributed by atoms with E-state index < -0.39 is 0 Å². The minimum Gasteiger partial charge on any atom is -0.508 e. The normalized spacial score (nSPS) is 10.8. The molecular weight excluding hydrogens is 232 g/mol. The third-order valence-electron chi connectivity index (χ3n) is 2.53. The highest BCUT2D eigenvalue weighted by molar-refractivity contribution is 7.21. The minimum atomic E-state index is 0.242. The molecule has 4 heteroatoms. The van der Waals surface area contributed by atoms with Crippen molar-refractivity contribution in [3.8, 4) is 16.3 Å². The Balaban J connectivity index is 2.14. The number of fused-ring (bicyclic) bond motifs is 1. The van der Waals surface area contributed by atoms with Gasteiger partial charge in [0.05, 0.1) is 10.2 Å². The molecule has 0 radical (unpaired) electrons. The largest absolute Gasteiger partial charge is 0.508 e. The predicted molar refractivity (Wildman–Crippen MR) is 71.1 cm³/mol. The lowest BCUT2D eigenvalue weighted by Crippen LogP contribution is -1.83. The Hall–Kier alpha value is -2.07. The number of anilines is 1. The van der Waals surface area contributed by atoms with E-state index in [1.54, 1.807) is 23.5 Å². The van der Waals surface area contributed by atoms with E-state index in [0.717, 1.165) is 26.5 Å². The summed E-state index contributed by atoms with van der Waals surface area (Å²) in [5, 5.41) is 10.3. The molecule has 0 bridgehead atoms. The highest BCUT2D eigenvalue weighted by Gasteiger charge is 2.06. The van der Waals surface area contributed by atoms with E-state index in [1.165, 1.54) is 0 Å². The van der Waals surface area contributed by atoms with Gasteiger partial charge in [-0.15, -0.1) is 11.3 Å². The molecule has 0 amide bonds. The Morgan fingerprint density at radius 3 is 2.59 bits per heavy atom. The van der Waals surface area contributed by atoms with Crippen LogP contribution in [-0.2, 0) is 0 Å². The van der Waals surface area contributed by atoms with Gasteiger partial charge in [0.25, 0.3) is 0 Å². The molecular formula is C13H10N2OS. The number of thiazole rings is 1. The average molecular weight is 242 g/mol. The number of aromatic nitrogens is 1. The molecule has 0 aliphatic rings. The minimum absolute atomic E-state index is 0.242. The standard InChI is InChI=1S/C13H10N2OS/c14-9-3-1-8(2-4-9)13-15-11-7-10(16)5-6-12(11)17-13/h1-7,16H,14H2. The molecule has 17 heavy (non-hydrogen) atoms. The van der Waals surface area contributed by atoms with Crippen molar-refractivity contribution in [3.63, 3.8) is 0 Å². The van der Waals surface area contributed by atoms with Crippen LogP contribution in [0.4, 0.5) is 5.69 Å². The Labute approximate surface area is 102 Å². The van der Waals surface area contributed by atoms with Gasteiger partial charge in [0, 0.05) is 17.3 Å². The van der Waals surface area contributed by atoms with Crippen molar-refractivity contribution >= 4 is 27.2 Å². The number of nitrogen functional groups attached to an aromatic ring is 1. The topological polar surface area (TPSA) is 59.1 Å². The van der Waals surface area contributed by atoms with E-state index in [1.807, 2.05) is 30.3 Å². The quantitative estimate of drug-likeness (QED) is 0.644. The van der Waals surface area contributed by atoms with Gasteiger partial charge in [0.1, 0.15) is 10.8 Å². The molecule has 0 spiro atoms. The number of aromatic hydroxyl groups is 1. The van der Waals surface area contributed by atoms with Crippen molar-refractivity contribution in [3.05, 3.63) is 42.5 Å². The number of phenolic OH excluding ortho intramolecular Hbond substituents is 1. The van der Waals surface area contributed by atoms with E-state index in [-0.39, 0.29) is 5.75 Å². The first kappa shape index (κ1) is 10.1. The summed E-state index contributed by atoms with van der Waals surface area (Å²) in [7, 11) is 0. The van der Waals surface area contributed by atoms with E-state index in [0.29, 0.717) is 0 Å². The number of rotatable bonds is 1. The highest BCUT2D eigenvalue weighted by Crippen LogP contribution is 2.31. The zero-order valence-corrected chi connectivity index (χ0v) is 9.74. The first-order valence-electron chi connectivity index (χ1n) is 5.18. The fraction of sp³-hybridized carbons (Fsp3) is 0. The van der Waals surface area contributed by atoms with Crippen molar-refractivity contribution < 1.29 is 5.11 Å². The molecule has 0 fully saturated rings. The molecule has 3 aromatic rings. The summed E-state index contributed by atoms with van der Waals surface area (Å²) < 4.78 is 1.06. The smallest absolute Gasteiger partial charge is 0.124 e. The maximum atomic E-state index is 9.39. The van der Waals surface area contributed by atoms with Gasteiger partial charge in [-0.2, -0.15) is 0 Å². The van der Waals surface area contributed by atoms with Gasteiger partial charge in [0.2, 0.25) is 0 Å². The molecule has 2 aromatic carbocycles. The third kappa shape index (κ3) is 1.83. The monoisotopic (exact) mass is 242 g/mol. The number of nitrogens with zero attached hydrogens (tertiary/aromatic N) is 1. The summed E-state index contributed by atoms with van der Waals surface area (Å²) in [6, 6.07) is 12.8. The average Bonchev–Trinajstić information content (AvgIpc) is 2.72. The van der Waals surface area contributed by atoms with Gasteiger partial charge in [-0.05, 0) is 36.4 Å². The lowest BCUT2D eigenvalue weighted by Gasteiger charge is -1.95. The Morgan fingerprint density at radius 2 is 1.82 bits per heavy atom. The van der Waals surface area contributed by atoms with E-state index >= 15 is 0 Å². The molecule has 0 aliphatic heterocycles. The Bertz CT molecular complexity index is 673. The second-order valence-corrected chi connectivity index (χ2v) is 4.82. The molecule has 0 saturated heterocycles. The maximum Gasteiger partial charge on any atom is 0.124 e. The van der Waals surface area contributed by atoms with Crippen molar-refractivity contribution in [2.75, 3.05) is 5.73 Å². The summed E-state index contributed by atoms with van der Waals surface area (Å²) in [6.07, 6.45) is 0. The van der Waals surface area contributed by atoms with Crippen LogP contribution in [0, 0.1) is 0 Å². The van der Waals surface area contributed by atoms with Crippen molar-refractivity contribution in [1.29, 1.82) is 0 Å². The second-order valence-electron chi connectivity index (χ2n) is 3.79. The molecule has 3 rings (SSSR count). The van der Waals surface area contributed by atoms with Gasteiger partial charge in [-0.1, -0.05) is 0 Å². The Kier molecular flexibility index (Phi) is 2.23. The van der Waals surface area contributed by atoms with Crippen LogP contribution in [0.3, 0.4) is 0 Å². The summed E-state index contributed by atoms with van der Waals surface area (Å²) >= 11 is 1.60. The van der Waals surface area contributed by atoms with Crippen LogP contribution in [-0.4, -0.2) is 10.1 Å². The lowest BCUT2D eigenvalue weighted by atomic mass is 10.2. The number of phenols is 1. The zero-order valence-electron chi connectivity index (χ0n) is 8.92. The highest BCUT2D eigenvalue weighted by atomic mass is 32.1. The SMILES string of the molecule is Nc1ccc(-c2nc3cc(O)ccc3s2)cc1. The predicted octanol–water partition coefficient (Wildman–Crippen LogP) is 3.25. The van der Waals surface area contributed by atoms with Crippen molar-refractivity contribution in [2.24, 2.45) is 0 Å². The van der Waals surface area contributed by atoms with Crippen molar-refractivity contribution in [2.45, 2.75) is 0 Å². The van der Waals surface area contributed by atoms with Crippen LogP contribution in [0.5, 0.6) is 5.75 Å². The van der Waals surface area contributed by atoms with E-state index in [9.17, 15) is 5.11 Å². The van der Waals surface area contributed by atoms with Gasteiger partial charge >= 0.3 is 0 Å². The van der Waals surface area contributed by atoms with Crippen LogP contribution in [0.2, 0.25) is 0 Å². The molecule has 0 aliphatic carbocycles. The molecule has 1 heterocycles. The summed E-state index contributed by atoms with van der Waals surface area (Å²) in [6.45, 7) is 0. The lowest BCUT2D eigenvalue weighted by molar-refractivity contribution is 0.476. The van der Waals surface area contributed by atoms with Gasteiger partial charge in [-0.3, -0.25) is 0 Å². The number of benzene rings is 2.